The lowest BCUT2D eigenvalue weighted by molar-refractivity contribution is 0.368. The van der Waals surface area contributed by atoms with Crippen LogP contribution in [0.2, 0.25) is 0 Å². The second kappa shape index (κ2) is 3.73. The summed E-state index contributed by atoms with van der Waals surface area (Å²) in [4.78, 5) is 4.23. The highest BCUT2D eigenvalue weighted by atomic mass is 16.5. The third-order valence-electron chi connectivity index (χ3n) is 2.88. The smallest absolute Gasteiger partial charge is 0.246 e. The largest absolute Gasteiger partial charge is 0.337 e. The first-order valence-corrected chi connectivity index (χ1v) is 5.58. The van der Waals surface area contributed by atoms with Crippen molar-refractivity contribution in [1.82, 2.24) is 14.7 Å². The van der Waals surface area contributed by atoms with E-state index in [-0.39, 0.29) is 0 Å². The van der Waals surface area contributed by atoms with Crippen LogP contribution in [-0.4, -0.2) is 14.7 Å². The van der Waals surface area contributed by atoms with Gasteiger partial charge in [0, 0.05) is 11.2 Å². The second-order valence-corrected chi connectivity index (χ2v) is 4.17. The lowest BCUT2D eigenvalue weighted by atomic mass is 10.2. The highest BCUT2D eigenvalue weighted by Crippen LogP contribution is 2.20. The fourth-order valence-corrected chi connectivity index (χ4v) is 2.10. The van der Waals surface area contributed by atoms with Crippen molar-refractivity contribution in [3.63, 3.8) is 0 Å². The highest BCUT2D eigenvalue weighted by molar-refractivity contribution is 5.81. The Labute approximate surface area is 98.9 Å². The molecular weight excluding hydrogens is 214 g/mol. The number of fused-ring (bicyclic) bond motifs is 1. The topological polar surface area (TPSA) is 43.9 Å². The van der Waals surface area contributed by atoms with Gasteiger partial charge in [-0.25, -0.2) is 0 Å². The first kappa shape index (κ1) is 10.1. The molecule has 0 fully saturated rings. The molecule has 4 nitrogen and oxygen atoms in total. The van der Waals surface area contributed by atoms with Crippen LogP contribution in [0.4, 0.5) is 0 Å². The molecule has 0 amide bonds. The van der Waals surface area contributed by atoms with Crippen molar-refractivity contribution >= 4 is 10.9 Å². The van der Waals surface area contributed by atoms with Crippen LogP contribution in [0, 0.1) is 13.8 Å². The molecule has 0 bridgehead atoms. The summed E-state index contributed by atoms with van der Waals surface area (Å²) in [6.07, 6.45) is 0. The Balaban J connectivity index is 2.08. The number of nitrogens with zero attached hydrogens (tertiary/aromatic N) is 3. The molecule has 2 heterocycles. The Morgan fingerprint density at radius 1 is 1.24 bits per heavy atom. The van der Waals surface area contributed by atoms with Crippen LogP contribution in [0.1, 0.15) is 17.4 Å². The Hall–Kier alpha value is -2.10. The monoisotopic (exact) mass is 227 g/mol. The average Bonchev–Trinajstić information content (AvgIpc) is 2.85. The van der Waals surface area contributed by atoms with Gasteiger partial charge in [-0.05, 0) is 31.4 Å². The Bertz CT molecular complexity index is 666. The van der Waals surface area contributed by atoms with Gasteiger partial charge in [-0.1, -0.05) is 23.4 Å². The van der Waals surface area contributed by atoms with E-state index in [0.29, 0.717) is 18.3 Å². The quantitative estimate of drug-likeness (QED) is 0.676. The molecular formula is C13H13N3O. The van der Waals surface area contributed by atoms with E-state index < -0.39 is 0 Å². The molecule has 0 saturated carbocycles. The standard InChI is InChI=1S/C13H13N3O/c1-9-7-11-5-3-4-6-12(11)16(9)8-13-14-10(2)15-17-13/h3-7H,8H2,1-2H3. The van der Waals surface area contributed by atoms with Crippen molar-refractivity contribution in [2.75, 3.05) is 0 Å². The Kier molecular flexibility index (Phi) is 2.21. The maximum absolute atomic E-state index is 5.16. The summed E-state index contributed by atoms with van der Waals surface area (Å²) >= 11 is 0. The van der Waals surface area contributed by atoms with Crippen molar-refractivity contribution < 1.29 is 4.52 Å². The Morgan fingerprint density at radius 2 is 2.06 bits per heavy atom. The number of para-hydroxylation sites is 1. The van der Waals surface area contributed by atoms with Crippen molar-refractivity contribution in [2.45, 2.75) is 20.4 Å². The summed E-state index contributed by atoms with van der Waals surface area (Å²) in [5, 5.41) is 5.04. The van der Waals surface area contributed by atoms with Gasteiger partial charge in [-0.3, -0.25) is 0 Å². The van der Waals surface area contributed by atoms with E-state index in [1.807, 2.05) is 19.1 Å². The minimum absolute atomic E-state index is 0.625. The predicted molar refractivity (Wildman–Crippen MR) is 64.8 cm³/mol. The van der Waals surface area contributed by atoms with E-state index in [1.54, 1.807) is 0 Å². The molecule has 0 aliphatic heterocycles. The SMILES string of the molecule is Cc1noc(Cn2c(C)cc3ccccc32)n1. The van der Waals surface area contributed by atoms with E-state index in [1.165, 1.54) is 16.6 Å². The normalized spacial score (nSPS) is 11.2. The van der Waals surface area contributed by atoms with Crippen LogP contribution in [0.3, 0.4) is 0 Å². The molecule has 0 unspecified atom stereocenters. The summed E-state index contributed by atoms with van der Waals surface area (Å²) in [6, 6.07) is 10.5. The van der Waals surface area contributed by atoms with E-state index in [9.17, 15) is 0 Å². The van der Waals surface area contributed by atoms with E-state index in [0.717, 1.165) is 0 Å². The molecule has 17 heavy (non-hydrogen) atoms. The molecule has 0 spiro atoms. The van der Waals surface area contributed by atoms with Gasteiger partial charge >= 0.3 is 0 Å². The van der Waals surface area contributed by atoms with Crippen molar-refractivity contribution in [1.29, 1.82) is 0 Å². The maximum atomic E-state index is 5.16. The maximum Gasteiger partial charge on any atom is 0.246 e. The lowest BCUT2D eigenvalue weighted by Crippen LogP contribution is -2.01. The Morgan fingerprint density at radius 3 is 2.82 bits per heavy atom. The van der Waals surface area contributed by atoms with Crippen LogP contribution in [0.15, 0.2) is 34.9 Å². The number of benzene rings is 1. The molecule has 2 aromatic heterocycles. The van der Waals surface area contributed by atoms with Crippen LogP contribution < -0.4 is 0 Å². The lowest BCUT2D eigenvalue weighted by Gasteiger charge is -2.04. The number of rotatable bonds is 2. The average molecular weight is 227 g/mol. The fraction of sp³-hybridized carbons (Fsp3) is 0.231. The molecule has 4 heteroatoms. The van der Waals surface area contributed by atoms with Crippen LogP contribution >= 0.6 is 0 Å². The number of hydrogen-bond acceptors (Lipinski definition) is 3. The van der Waals surface area contributed by atoms with E-state index >= 15 is 0 Å². The minimum atomic E-state index is 0.625. The van der Waals surface area contributed by atoms with Crippen molar-refractivity contribution in [3.8, 4) is 0 Å². The van der Waals surface area contributed by atoms with Gasteiger partial charge in [0.15, 0.2) is 5.82 Å². The molecule has 0 saturated heterocycles. The van der Waals surface area contributed by atoms with Crippen molar-refractivity contribution in [3.05, 3.63) is 47.7 Å². The van der Waals surface area contributed by atoms with Gasteiger partial charge in [-0.15, -0.1) is 0 Å². The van der Waals surface area contributed by atoms with Gasteiger partial charge in [-0.2, -0.15) is 4.98 Å². The van der Waals surface area contributed by atoms with Gasteiger partial charge in [0.2, 0.25) is 5.89 Å². The predicted octanol–water partition coefficient (Wildman–Crippen LogP) is 2.69. The highest BCUT2D eigenvalue weighted by Gasteiger charge is 2.09. The third-order valence-corrected chi connectivity index (χ3v) is 2.88. The van der Waals surface area contributed by atoms with E-state index in [4.69, 9.17) is 4.52 Å². The molecule has 0 aliphatic carbocycles. The van der Waals surface area contributed by atoms with Crippen molar-refractivity contribution in [2.24, 2.45) is 0 Å². The third kappa shape index (κ3) is 1.71. The molecule has 3 rings (SSSR count). The molecule has 0 N–H and O–H groups in total. The summed E-state index contributed by atoms with van der Waals surface area (Å²) in [5.74, 6) is 1.32. The molecule has 0 radical (unpaired) electrons. The fourth-order valence-electron chi connectivity index (χ4n) is 2.10. The van der Waals surface area contributed by atoms with E-state index in [2.05, 4.69) is 39.8 Å². The zero-order valence-corrected chi connectivity index (χ0v) is 9.84. The van der Waals surface area contributed by atoms with Gasteiger partial charge in [0.1, 0.15) is 6.54 Å². The number of aromatic nitrogens is 3. The van der Waals surface area contributed by atoms with Crippen LogP contribution in [0.5, 0.6) is 0 Å². The number of aryl methyl sites for hydroxylation is 2. The zero-order valence-electron chi connectivity index (χ0n) is 9.84. The zero-order chi connectivity index (χ0) is 11.8. The summed E-state index contributed by atoms with van der Waals surface area (Å²) in [7, 11) is 0. The molecule has 0 aliphatic rings. The molecule has 86 valence electrons. The number of hydrogen-bond donors (Lipinski definition) is 0. The molecule has 3 aromatic rings. The van der Waals surface area contributed by atoms with Gasteiger partial charge in [0.25, 0.3) is 0 Å². The van der Waals surface area contributed by atoms with Gasteiger partial charge in [0.05, 0.1) is 0 Å². The molecule has 1 aromatic carbocycles. The second-order valence-electron chi connectivity index (χ2n) is 4.17. The summed E-state index contributed by atoms with van der Waals surface area (Å²) in [5.41, 5.74) is 2.39. The van der Waals surface area contributed by atoms with Gasteiger partial charge < -0.3 is 9.09 Å². The first-order valence-electron chi connectivity index (χ1n) is 5.58. The summed E-state index contributed by atoms with van der Waals surface area (Å²) < 4.78 is 7.34. The van der Waals surface area contributed by atoms with Crippen LogP contribution in [-0.2, 0) is 6.54 Å². The van der Waals surface area contributed by atoms with Crippen LogP contribution in [0.25, 0.3) is 10.9 Å². The minimum Gasteiger partial charge on any atom is -0.337 e. The summed E-state index contributed by atoms with van der Waals surface area (Å²) in [6.45, 7) is 4.54. The first-order chi connectivity index (χ1) is 8.24. The molecule has 0 atom stereocenters.